The predicted molar refractivity (Wildman–Crippen MR) is 61.6 cm³/mol. The lowest BCUT2D eigenvalue weighted by atomic mass is 10.2. The van der Waals surface area contributed by atoms with E-state index >= 15 is 0 Å². The lowest BCUT2D eigenvalue weighted by Gasteiger charge is -2.12. The molecule has 0 fully saturated rings. The number of carboxylic acid groups (broad SMARTS) is 1. The van der Waals surface area contributed by atoms with E-state index in [1.54, 1.807) is 13.8 Å². The first-order chi connectivity index (χ1) is 8.90. The van der Waals surface area contributed by atoms with Crippen molar-refractivity contribution in [2.24, 2.45) is 0 Å². The van der Waals surface area contributed by atoms with Crippen LogP contribution in [-0.2, 0) is 27.5 Å². The van der Waals surface area contributed by atoms with Crippen LogP contribution < -0.4 is 0 Å². The quantitative estimate of drug-likeness (QED) is 0.739. The maximum absolute atomic E-state index is 11.8. The van der Waals surface area contributed by atoms with Crippen LogP contribution in [0.5, 0.6) is 0 Å². The summed E-state index contributed by atoms with van der Waals surface area (Å²) in [5, 5.41) is 15.9. The van der Waals surface area contributed by atoms with Crippen molar-refractivity contribution in [2.45, 2.75) is 26.9 Å². The van der Waals surface area contributed by atoms with Gasteiger partial charge in [0.25, 0.3) is 11.8 Å². The Morgan fingerprint density at radius 2 is 1.84 bits per heavy atom. The van der Waals surface area contributed by atoms with Gasteiger partial charge in [-0.05, 0) is 13.8 Å². The molecule has 0 unspecified atom stereocenters. The Labute approximate surface area is 108 Å². The van der Waals surface area contributed by atoms with E-state index in [1.165, 1.54) is 6.20 Å². The summed E-state index contributed by atoms with van der Waals surface area (Å²) < 4.78 is 1.13. The normalized spacial score (nSPS) is 15.6. The molecule has 0 bridgehead atoms. The van der Waals surface area contributed by atoms with Gasteiger partial charge in [-0.25, -0.2) is 4.68 Å². The van der Waals surface area contributed by atoms with Crippen LogP contribution in [-0.4, -0.2) is 42.8 Å². The molecule has 0 aromatic carbocycles. The minimum Gasteiger partial charge on any atom is -0.480 e. The third-order valence-electron chi connectivity index (χ3n) is 2.90. The summed E-state index contributed by atoms with van der Waals surface area (Å²) in [6.07, 6.45) is 1.40. The number of aromatic nitrogens is 3. The van der Waals surface area contributed by atoms with Crippen LogP contribution >= 0.6 is 0 Å². The van der Waals surface area contributed by atoms with Crippen molar-refractivity contribution in [3.05, 3.63) is 23.0 Å². The molecule has 1 aliphatic rings. The minimum atomic E-state index is -1.04. The number of imide groups is 1. The van der Waals surface area contributed by atoms with Gasteiger partial charge in [0.1, 0.15) is 12.2 Å². The highest BCUT2D eigenvalue weighted by Crippen LogP contribution is 2.21. The highest BCUT2D eigenvalue weighted by molar-refractivity contribution is 6.18. The molecule has 2 amide bonds. The molecule has 2 rings (SSSR count). The number of carbonyl (C=O) groups is 3. The lowest BCUT2D eigenvalue weighted by molar-refractivity contribution is -0.139. The number of hydrogen-bond donors (Lipinski definition) is 1. The van der Waals surface area contributed by atoms with Crippen molar-refractivity contribution >= 4 is 17.8 Å². The number of carbonyl (C=O) groups excluding carboxylic acids is 2. The third kappa shape index (κ3) is 2.37. The van der Waals surface area contributed by atoms with Gasteiger partial charge in [-0.15, -0.1) is 5.10 Å². The minimum absolute atomic E-state index is 0.00797. The van der Waals surface area contributed by atoms with E-state index in [0.29, 0.717) is 16.8 Å². The molecule has 0 spiro atoms. The maximum atomic E-state index is 11.8. The SMILES string of the molecule is CC1=C(C)C(=O)N(Cc2cn(CC(=O)O)nn2)C1=O. The van der Waals surface area contributed by atoms with E-state index in [-0.39, 0.29) is 24.9 Å². The number of aliphatic carboxylic acids is 1. The van der Waals surface area contributed by atoms with Gasteiger partial charge < -0.3 is 5.11 Å². The van der Waals surface area contributed by atoms with Crippen molar-refractivity contribution in [3.63, 3.8) is 0 Å². The van der Waals surface area contributed by atoms with E-state index < -0.39 is 5.97 Å². The number of amides is 2. The van der Waals surface area contributed by atoms with Crippen molar-refractivity contribution in [1.82, 2.24) is 19.9 Å². The Balaban J connectivity index is 2.11. The number of nitrogens with zero attached hydrogens (tertiary/aromatic N) is 4. The summed E-state index contributed by atoms with van der Waals surface area (Å²) >= 11 is 0. The number of carboxylic acids is 1. The number of rotatable bonds is 4. The molecule has 1 aromatic heterocycles. The van der Waals surface area contributed by atoms with E-state index in [2.05, 4.69) is 10.3 Å². The van der Waals surface area contributed by atoms with Gasteiger partial charge >= 0.3 is 5.97 Å². The van der Waals surface area contributed by atoms with Crippen LogP contribution in [0, 0.1) is 0 Å². The standard InChI is InChI=1S/C11H12N4O4/c1-6-7(2)11(19)15(10(6)18)4-8-3-14(13-12-8)5-9(16)17/h3H,4-5H2,1-2H3,(H,16,17). The van der Waals surface area contributed by atoms with Gasteiger partial charge in [0.05, 0.1) is 12.7 Å². The largest absolute Gasteiger partial charge is 0.480 e. The van der Waals surface area contributed by atoms with Gasteiger partial charge in [0.2, 0.25) is 0 Å². The molecule has 19 heavy (non-hydrogen) atoms. The van der Waals surface area contributed by atoms with Crippen LogP contribution in [0.1, 0.15) is 19.5 Å². The van der Waals surface area contributed by atoms with Crippen LogP contribution in [0.3, 0.4) is 0 Å². The van der Waals surface area contributed by atoms with Crippen LogP contribution in [0.25, 0.3) is 0 Å². The molecule has 0 radical (unpaired) electrons. The molecule has 8 nitrogen and oxygen atoms in total. The highest BCUT2D eigenvalue weighted by atomic mass is 16.4. The van der Waals surface area contributed by atoms with Crippen molar-refractivity contribution in [1.29, 1.82) is 0 Å². The molecule has 100 valence electrons. The summed E-state index contributed by atoms with van der Waals surface area (Å²) in [7, 11) is 0. The molecule has 1 aromatic rings. The van der Waals surface area contributed by atoms with Gasteiger partial charge in [-0.2, -0.15) is 0 Å². The molecule has 0 aliphatic carbocycles. The molecule has 1 aliphatic heterocycles. The van der Waals surface area contributed by atoms with E-state index in [0.717, 1.165) is 9.58 Å². The molecule has 1 N–H and O–H groups in total. The van der Waals surface area contributed by atoms with Crippen molar-refractivity contribution < 1.29 is 19.5 Å². The summed E-state index contributed by atoms with van der Waals surface area (Å²) in [5.74, 6) is -1.75. The highest BCUT2D eigenvalue weighted by Gasteiger charge is 2.33. The average molecular weight is 264 g/mol. The first-order valence-electron chi connectivity index (χ1n) is 5.54. The Morgan fingerprint density at radius 3 is 2.37 bits per heavy atom. The first-order valence-corrected chi connectivity index (χ1v) is 5.54. The fraction of sp³-hybridized carbons (Fsp3) is 0.364. The summed E-state index contributed by atoms with van der Waals surface area (Å²) in [4.78, 5) is 35.2. The average Bonchev–Trinajstić information content (AvgIpc) is 2.84. The zero-order valence-electron chi connectivity index (χ0n) is 10.5. The van der Waals surface area contributed by atoms with Gasteiger partial charge in [0, 0.05) is 11.1 Å². The summed E-state index contributed by atoms with van der Waals surface area (Å²) in [6, 6.07) is 0. The van der Waals surface area contributed by atoms with Gasteiger partial charge in [0.15, 0.2) is 0 Å². The van der Waals surface area contributed by atoms with Gasteiger partial charge in [-0.1, -0.05) is 5.21 Å². The smallest absolute Gasteiger partial charge is 0.325 e. The third-order valence-corrected chi connectivity index (χ3v) is 2.90. The molecular weight excluding hydrogens is 252 g/mol. The topological polar surface area (TPSA) is 105 Å². The second-order valence-corrected chi connectivity index (χ2v) is 4.25. The van der Waals surface area contributed by atoms with Gasteiger partial charge in [-0.3, -0.25) is 19.3 Å². The maximum Gasteiger partial charge on any atom is 0.325 e. The zero-order valence-corrected chi connectivity index (χ0v) is 10.5. The molecular formula is C11H12N4O4. The Bertz CT molecular complexity index is 578. The molecule has 2 heterocycles. The fourth-order valence-electron chi connectivity index (χ4n) is 1.75. The fourth-order valence-corrected chi connectivity index (χ4v) is 1.75. The summed E-state index contributed by atoms with van der Waals surface area (Å²) in [5.41, 5.74) is 1.20. The molecule has 0 saturated heterocycles. The second kappa shape index (κ2) is 4.63. The zero-order chi connectivity index (χ0) is 14.2. The van der Waals surface area contributed by atoms with Crippen LogP contribution in [0.4, 0.5) is 0 Å². The summed E-state index contributed by atoms with van der Waals surface area (Å²) in [6.45, 7) is 2.87. The Morgan fingerprint density at radius 1 is 1.26 bits per heavy atom. The van der Waals surface area contributed by atoms with Crippen LogP contribution in [0.15, 0.2) is 17.3 Å². The first kappa shape index (κ1) is 12.9. The van der Waals surface area contributed by atoms with Crippen molar-refractivity contribution in [2.75, 3.05) is 0 Å². The predicted octanol–water partition coefficient (Wildman–Crippen LogP) is -0.432. The molecule has 0 saturated carbocycles. The van der Waals surface area contributed by atoms with Crippen LogP contribution in [0.2, 0.25) is 0 Å². The van der Waals surface area contributed by atoms with E-state index in [1.807, 2.05) is 0 Å². The van der Waals surface area contributed by atoms with E-state index in [4.69, 9.17) is 5.11 Å². The molecule has 0 atom stereocenters. The Kier molecular flexibility index (Phi) is 3.16. The Hall–Kier alpha value is -2.51. The van der Waals surface area contributed by atoms with E-state index in [9.17, 15) is 14.4 Å². The van der Waals surface area contributed by atoms with Crippen molar-refractivity contribution in [3.8, 4) is 0 Å². The lowest BCUT2D eigenvalue weighted by Crippen LogP contribution is -2.31. The second-order valence-electron chi connectivity index (χ2n) is 4.25. The number of hydrogen-bond acceptors (Lipinski definition) is 5. The monoisotopic (exact) mass is 264 g/mol. The molecule has 8 heteroatoms.